The monoisotopic (exact) mass is 305 g/mol. The fraction of sp³-hybridized carbons (Fsp3) is 0.364. The van der Waals surface area contributed by atoms with Gasteiger partial charge in [-0.2, -0.15) is 0 Å². The number of anilines is 1. The number of carbonyl (C=O) groups is 1. The number of rotatable bonds is 6. The molecule has 0 aliphatic heterocycles. The van der Waals surface area contributed by atoms with Gasteiger partial charge >= 0.3 is 0 Å². The lowest BCUT2D eigenvalue weighted by atomic mass is 10.3. The average molecular weight is 306 g/mol. The molecule has 0 bridgehead atoms. The Labute approximate surface area is 117 Å². The number of carbonyl (C=O) groups excluding carboxylic acids is 1. The smallest absolute Gasteiger partial charge is 0.242 e. The molecule has 0 aliphatic rings. The fourth-order valence-corrected chi connectivity index (χ4v) is 2.81. The SMILES string of the molecule is CCCNC(=O)CNS(=O)(=O)c1cc(N)ccc1Cl. The van der Waals surface area contributed by atoms with Gasteiger partial charge in [-0.3, -0.25) is 4.79 Å². The van der Waals surface area contributed by atoms with Gasteiger partial charge in [0.1, 0.15) is 4.90 Å². The minimum absolute atomic E-state index is 0.0515. The predicted octanol–water partition coefficient (Wildman–Crippen LogP) is 0.727. The summed E-state index contributed by atoms with van der Waals surface area (Å²) in [4.78, 5) is 11.2. The van der Waals surface area contributed by atoms with Crippen LogP contribution in [0.5, 0.6) is 0 Å². The minimum atomic E-state index is -3.86. The lowest BCUT2D eigenvalue weighted by molar-refractivity contribution is -0.119. The number of sulfonamides is 1. The molecule has 106 valence electrons. The maximum atomic E-state index is 12.0. The quantitative estimate of drug-likeness (QED) is 0.674. The zero-order valence-electron chi connectivity index (χ0n) is 10.4. The molecular formula is C11H16ClN3O3S. The molecule has 1 amide bonds. The highest BCUT2D eigenvalue weighted by atomic mass is 35.5. The van der Waals surface area contributed by atoms with Crippen LogP contribution in [0.25, 0.3) is 0 Å². The molecule has 8 heteroatoms. The molecule has 0 unspecified atom stereocenters. The molecule has 1 aromatic rings. The third kappa shape index (κ3) is 4.70. The summed E-state index contributed by atoms with van der Waals surface area (Å²) in [6, 6.07) is 4.13. The lowest BCUT2D eigenvalue weighted by Gasteiger charge is -2.09. The highest BCUT2D eigenvalue weighted by Gasteiger charge is 2.19. The first-order chi connectivity index (χ1) is 8.86. The van der Waals surface area contributed by atoms with Gasteiger partial charge in [-0.15, -0.1) is 0 Å². The van der Waals surface area contributed by atoms with Gasteiger partial charge < -0.3 is 11.1 Å². The van der Waals surface area contributed by atoms with Gasteiger partial charge in [0.25, 0.3) is 0 Å². The number of nitrogens with one attached hydrogen (secondary N) is 2. The molecule has 4 N–H and O–H groups in total. The summed E-state index contributed by atoms with van der Waals surface area (Å²) in [5.41, 5.74) is 5.79. The van der Waals surface area contributed by atoms with E-state index in [1.54, 1.807) is 0 Å². The van der Waals surface area contributed by atoms with Gasteiger partial charge in [-0.1, -0.05) is 18.5 Å². The Hall–Kier alpha value is -1.31. The summed E-state index contributed by atoms with van der Waals surface area (Å²) in [5.74, 6) is -0.398. The topological polar surface area (TPSA) is 101 Å². The molecule has 0 heterocycles. The highest BCUT2D eigenvalue weighted by molar-refractivity contribution is 7.89. The Morgan fingerprint density at radius 3 is 2.74 bits per heavy atom. The Kier molecular flexibility index (Phi) is 5.59. The van der Waals surface area contributed by atoms with E-state index < -0.39 is 15.9 Å². The number of hydrogen-bond acceptors (Lipinski definition) is 4. The van der Waals surface area contributed by atoms with Gasteiger partial charge in [0, 0.05) is 12.2 Å². The highest BCUT2D eigenvalue weighted by Crippen LogP contribution is 2.23. The first-order valence-corrected chi connectivity index (χ1v) is 7.54. The van der Waals surface area contributed by atoms with Crippen LogP contribution in [0.4, 0.5) is 5.69 Å². The van der Waals surface area contributed by atoms with Gasteiger partial charge in [-0.25, -0.2) is 13.1 Å². The predicted molar refractivity (Wildman–Crippen MR) is 74.4 cm³/mol. The summed E-state index contributed by atoms with van der Waals surface area (Å²) < 4.78 is 26.1. The van der Waals surface area contributed by atoms with Crippen LogP contribution in [-0.2, 0) is 14.8 Å². The van der Waals surface area contributed by atoms with Crippen LogP contribution >= 0.6 is 11.6 Å². The van der Waals surface area contributed by atoms with E-state index >= 15 is 0 Å². The number of hydrogen-bond donors (Lipinski definition) is 3. The molecule has 0 fully saturated rings. The largest absolute Gasteiger partial charge is 0.399 e. The molecule has 0 atom stereocenters. The fourth-order valence-electron chi connectivity index (χ4n) is 1.29. The van der Waals surface area contributed by atoms with Crippen LogP contribution in [0.3, 0.4) is 0 Å². The summed E-state index contributed by atoms with van der Waals surface area (Å²) >= 11 is 5.80. The van der Waals surface area contributed by atoms with E-state index in [4.69, 9.17) is 17.3 Å². The normalized spacial score (nSPS) is 11.3. The zero-order chi connectivity index (χ0) is 14.5. The number of nitrogens with two attached hydrogens (primary N) is 1. The number of nitrogen functional groups attached to an aromatic ring is 1. The van der Waals surface area contributed by atoms with Crippen LogP contribution < -0.4 is 15.8 Å². The van der Waals surface area contributed by atoms with E-state index in [0.29, 0.717) is 6.54 Å². The number of amides is 1. The van der Waals surface area contributed by atoms with Crippen molar-refractivity contribution in [2.24, 2.45) is 0 Å². The molecule has 0 spiro atoms. The standard InChI is InChI=1S/C11H16ClN3O3S/c1-2-5-14-11(16)7-15-19(17,18)10-6-8(13)3-4-9(10)12/h3-4,6,15H,2,5,7,13H2,1H3,(H,14,16). The molecule has 0 aromatic heterocycles. The van der Waals surface area contributed by atoms with E-state index in [2.05, 4.69) is 10.0 Å². The van der Waals surface area contributed by atoms with Crippen molar-refractivity contribution in [1.29, 1.82) is 0 Å². The molecule has 6 nitrogen and oxygen atoms in total. The second-order valence-electron chi connectivity index (χ2n) is 3.86. The minimum Gasteiger partial charge on any atom is -0.399 e. The van der Waals surface area contributed by atoms with Crippen LogP contribution in [0.2, 0.25) is 5.02 Å². The summed E-state index contributed by atoms with van der Waals surface area (Å²) in [5, 5.41) is 2.61. The van der Waals surface area contributed by atoms with E-state index in [9.17, 15) is 13.2 Å². The molecule has 1 rings (SSSR count). The van der Waals surface area contributed by atoms with Crippen molar-refractivity contribution in [1.82, 2.24) is 10.0 Å². The number of benzene rings is 1. The second-order valence-corrected chi connectivity index (χ2v) is 6.01. The first-order valence-electron chi connectivity index (χ1n) is 5.68. The van der Waals surface area contributed by atoms with Gasteiger partial charge in [0.05, 0.1) is 11.6 Å². The van der Waals surface area contributed by atoms with E-state index in [0.717, 1.165) is 6.42 Å². The molecular weight excluding hydrogens is 290 g/mol. The van der Waals surface area contributed by atoms with Gasteiger partial charge in [0.2, 0.25) is 15.9 Å². The maximum Gasteiger partial charge on any atom is 0.242 e. The summed E-state index contributed by atoms with van der Waals surface area (Å²) in [6.07, 6.45) is 0.777. The molecule has 0 saturated heterocycles. The Morgan fingerprint density at radius 2 is 2.11 bits per heavy atom. The van der Waals surface area contributed by atoms with E-state index in [1.165, 1.54) is 18.2 Å². The van der Waals surface area contributed by atoms with Crippen molar-refractivity contribution < 1.29 is 13.2 Å². The third-order valence-corrected chi connectivity index (χ3v) is 4.12. The van der Waals surface area contributed by atoms with Crippen LogP contribution in [0, 0.1) is 0 Å². The molecule has 0 saturated carbocycles. The molecule has 1 aromatic carbocycles. The Bertz CT molecular complexity index is 560. The number of halogens is 1. The summed E-state index contributed by atoms with van der Waals surface area (Å²) in [6.45, 7) is 2.06. The van der Waals surface area contributed by atoms with Gasteiger partial charge in [-0.05, 0) is 24.6 Å². The van der Waals surface area contributed by atoms with Crippen molar-refractivity contribution >= 4 is 33.2 Å². The van der Waals surface area contributed by atoms with Crippen LogP contribution in [0.1, 0.15) is 13.3 Å². The van der Waals surface area contributed by atoms with Crippen molar-refractivity contribution in [2.75, 3.05) is 18.8 Å². The van der Waals surface area contributed by atoms with Crippen molar-refractivity contribution in [3.8, 4) is 0 Å². The third-order valence-electron chi connectivity index (χ3n) is 2.24. The van der Waals surface area contributed by atoms with E-state index in [1.807, 2.05) is 6.92 Å². The van der Waals surface area contributed by atoms with Gasteiger partial charge in [0.15, 0.2) is 0 Å². The Morgan fingerprint density at radius 1 is 1.42 bits per heavy atom. The second kappa shape index (κ2) is 6.74. The molecule has 0 aliphatic carbocycles. The van der Waals surface area contributed by atoms with E-state index in [-0.39, 0.29) is 22.2 Å². The van der Waals surface area contributed by atoms with Crippen LogP contribution in [-0.4, -0.2) is 27.4 Å². The Balaban J connectivity index is 2.76. The molecule has 0 radical (unpaired) electrons. The summed E-state index contributed by atoms with van der Waals surface area (Å²) in [7, 11) is -3.86. The van der Waals surface area contributed by atoms with Crippen molar-refractivity contribution in [3.63, 3.8) is 0 Å². The van der Waals surface area contributed by atoms with Crippen LogP contribution in [0.15, 0.2) is 23.1 Å². The zero-order valence-corrected chi connectivity index (χ0v) is 12.0. The average Bonchev–Trinajstić information content (AvgIpc) is 2.36. The first kappa shape index (κ1) is 15.7. The lowest BCUT2D eigenvalue weighted by Crippen LogP contribution is -2.37. The van der Waals surface area contributed by atoms with Crippen molar-refractivity contribution in [3.05, 3.63) is 23.2 Å². The van der Waals surface area contributed by atoms with Crippen molar-refractivity contribution in [2.45, 2.75) is 18.2 Å². The molecule has 19 heavy (non-hydrogen) atoms. The maximum absolute atomic E-state index is 12.0.